The molecule has 0 spiro atoms. The molecule has 5 nitrogen and oxygen atoms in total. The Morgan fingerprint density at radius 2 is 2.07 bits per heavy atom. The van der Waals surface area contributed by atoms with Crippen molar-refractivity contribution in [3.8, 4) is 6.07 Å². The van der Waals surface area contributed by atoms with Gasteiger partial charge in [-0.2, -0.15) is 5.26 Å². The topological polar surface area (TPSA) is 58.3 Å². The van der Waals surface area contributed by atoms with Gasteiger partial charge in [0.25, 0.3) is 0 Å². The molecule has 5 heteroatoms. The second kappa shape index (κ2) is 6.79. The first-order valence-corrected chi connectivity index (χ1v) is 10.1. The third-order valence-electron chi connectivity index (χ3n) is 5.75. The van der Waals surface area contributed by atoms with E-state index in [1.807, 2.05) is 39.0 Å². The highest BCUT2D eigenvalue weighted by atomic mass is 16.6. The molecular weight excluding hydrogens is 350 g/mol. The number of fused-ring (bicyclic) bond motifs is 5. The molecule has 2 aliphatic heterocycles. The largest absolute Gasteiger partial charge is 0.443 e. The number of aromatic nitrogens is 1. The number of rotatable bonds is 1. The number of hydrogen-bond donors (Lipinski definition) is 0. The maximum atomic E-state index is 13.2. The maximum absolute atomic E-state index is 13.2. The monoisotopic (exact) mass is 377 g/mol. The Balaban J connectivity index is 1.90. The Hall–Kier alpha value is -2.58. The smallest absolute Gasteiger partial charge is 0.419 e. The summed E-state index contributed by atoms with van der Waals surface area (Å²) in [5, 5.41) is 10.9. The molecule has 2 unspecified atom stereocenters. The van der Waals surface area contributed by atoms with E-state index < -0.39 is 5.60 Å². The van der Waals surface area contributed by atoms with Crippen LogP contribution in [-0.2, 0) is 11.2 Å². The van der Waals surface area contributed by atoms with E-state index in [2.05, 4.69) is 30.0 Å². The van der Waals surface area contributed by atoms with Crippen molar-refractivity contribution in [2.75, 3.05) is 6.54 Å². The van der Waals surface area contributed by atoms with Gasteiger partial charge < -0.3 is 4.74 Å². The van der Waals surface area contributed by atoms with Crippen LogP contribution in [0.4, 0.5) is 4.79 Å². The van der Waals surface area contributed by atoms with Gasteiger partial charge in [0.2, 0.25) is 0 Å². The van der Waals surface area contributed by atoms with Crippen molar-refractivity contribution in [3.05, 3.63) is 47.2 Å². The van der Waals surface area contributed by atoms with Gasteiger partial charge in [0.05, 0.1) is 23.3 Å². The van der Waals surface area contributed by atoms with Gasteiger partial charge in [0.1, 0.15) is 11.6 Å². The van der Waals surface area contributed by atoms with Crippen molar-refractivity contribution < 1.29 is 9.53 Å². The third-order valence-corrected chi connectivity index (χ3v) is 5.75. The number of para-hydroxylation sites is 1. The zero-order valence-corrected chi connectivity index (χ0v) is 17.0. The standard InChI is InChI=1S/C23H27N3O2/c1-5-15-10-11-19-21-17(12-13-25(19)20(15)14-24)16-8-6-7-9-18(16)26(21)22(27)28-23(2,3)4/h6-10,19-20H,5,11-13H2,1-4H3. The van der Waals surface area contributed by atoms with Gasteiger partial charge in [-0.05, 0) is 57.2 Å². The third kappa shape index (κ3) is 2.93. The van der Waals surface area contributed by atoms with Crippen molar-refractivity contribution in [2.24, 2.45) is 0 Å². The molecule has 4 rings (SSSR count). The summed E-state index contributed by atoms with van der Waals surface area (Å²) in [4.78, 5) is 15.5. The van der Waals surface area contributed by atoms with Crippen LogP contribution in [0.25, 0.3) is 10.9 Å². The zero-order valence-electron chi connectivity index (χ0n) is 17.0. The van der Waals surface area contributed by atoms with Crippen LogP contribution in [0.15, 0.2) is 35.9 Å². The van der Waals surface area contributed by atoms with E-state index in [0.717, 1.165) is 42.4 Å². The van der Waals surface area contributed by atoms with Crippen LogP contribution in [0.3, 0.4) is 0 Å². The highest BCUT2D eigenvalue weighted by molar-refractivity contribution is 5.94. The normalized spacial score (nSPS) is 22.2. The van der Waals surface area contributed by atoms with Crippen molar-refractivity contribution in [1.82, 2.24) is 9.47 Å². The summed E-state index contributed by atoms with van der Waals surface area (Å²) in [6.45, 7) is 8.59. The molecule has 1 aromatic heterocycles. The lowest BCUT2D eigenvalue weighted by atomic mass is 9.87. The quantitative estimate of drug-likeness (QED) is 0.659. The molecule has 0 aliphatic carbocycles. The molecule has 2 atom stereocenters. The first-order valence-electron chi connectivity index (χ1n) is 10.1. The van der Waals surface area contributed by atoms with Gasteiger partial charge in [-0.25, -0.2) is 9.36 Å². The maximum Gasteiger partial charge on any atom is 0.419 e. The van der Waals surface area contributed by atoms with E-state index in [9.17, 15) is 10.1 Å². The Kier molecular flexibility index (Phi) is 4.55. The molecule has 0 bridgehead atoms. The van der Waals surface area contributed by atoms with Crippen molar-refractivity contribution >= 4 is 17.0 Å². The lowest BCUT2D eigenvalue weighted by Crippen LogP contribution is -2.46. The van der Waals surface area contributed by atoms with Crippen LogP contribution in [0.2, 0.25) is 0 Å². The van der Waals surface area contributed by atoms with Crippen LogP contribution < -0.4 is 0 Å². The summed E-state index contributed by atoms with van der Waals surface area (Å²) in [6.07, 6.45) is 4.38. The Morgan fingerprint density at radius 1 is 1.32 bits per heavy atom. The van der Waals surface area contributed by atoms with E-state index >= 15 is 0 Å². The number of ether oxygens (including phenoxy) is 1. The van der Waals surface area contributed by atoms with Gasteiger partial charge >= 0.3 is 6.09 Å². The molecule has 3 heterocycles. The predicted molar refractivity (Wildman–Crippen MR) is 109 cm³/mol. The lowest BCUT2D eigenvalue weighted by Gasteiger charge is -2.42. The van der Waals surface area contributed by atoms with Gasteiger partial charge in [0, 0.05) is 11.9 Å². The molecule has 0 saturated heterocycles. The lowest BCUT2D eigenvalue weighted by molar-refractivity contribution is 0.0522. The van der Waals surface area contributed by atoms with Crippen LogP contribution in [0, 0.1) is 11.3 Å². The molecule has 2 aromatic rings. The number of benzene rings is 1. The summed E-state index contributed by atoms with van der Waals surface area (Å²) in [7, 11) is 0. The van der Waals surface area contributed by atoms with Crippen molar-refractivity contribution in [2.45, 2.75) is 64.6 Å². The first-order chi connectivity index (χ1) is 13.4. The minimum atomic E-state index is -0.569. The molecule has 28 heavy (non-hydrogen) atoms. The second-order valence-corrected chi connectivity index (χ2v) is 8.60. The van der Waals surface area contributed by atoms with Gasteiger partial charge in [-0.15, -0.1) is 0 Å². The van der Waals surface area contributed by atoms with Gasteiger partial charge in [0.15, 0.2) is 0 Å². The summed E-state index contributed by atoms with van der Waals surface area (Å²) >= 11 is 0. The predicted octanol–water partition coefficient (Wildman–Crippen LogP) is 4.96. The molecule has 0 N–H and O–H groups in total. The number of hydrogen-bond acceptors (Lipinski definition) is 4. The summed E-state index contributed by atoms with van der Waals surface area (Å²) < 4.78 is 7.51. The molecule has 2 aliphatic rings. The summed E-state index contributed by atoms with van der Waals surface area (Å²) in [6, 6.07) is 10.3. The minimum Gasteiger partial charge on any atom is -0.443 e. The molecular formula is C23H27N3O2. The van der Waals surface area contributed by atoms with E-state index in [0.29, 0.717) is 0 Å². The average molecular weight is 377 g/mol. The van der Waals surface area contributed by atoms with Crippen molar-refractivity contribution in [1.29, 1.82) is 5.26 Å². The fraction of sp³-hybridized carbons (Fsp3) is 0.478. The minimum absolute atomic E-state index is 0.0172. The van der Waals surface area contributed by atoms with Crippen LogP contribution in [-0.4, -0.2) is 33.7 Å². The average Bonchev–Trinajstić information content (AvgIpc) is 3.00. The summed E-state index contributed by atoms with van der Waals surface area (Å²) in [5.74, 6) is 0. The molecule has 1 aromatic carbocycles. The van der Waals surface area contributed by atoms with Crippen LogP contribution >= 0.6 is 0 Å². The number of nitriles is 1. The second-order valence-electron chi connectivity index (χ2n) is 8.60. The van der Waals surface area contributed by atoms with Crippen molar-refractivity contribution in [3.63, 3.8) is 0 Å². The molecule has 0 saturated carbocycles. The Bertz CT molecular complexity index is 1000. The van der Waals surface area contributed by atoms with E-state index in [-0.39, 0.29) is 18.2 Å². The Morgan fingerprint density at radius 3 is 2.75 bits per heavy atom. The molecule has 0 fully saturated rings. The molecule has 146 valence electrons. The fourth-order valence-corrected chi connectivity index (χ4v) is 4.64. The highest BCUT2D eigenvalue weighted by Gasteiger charge is 2.40. The first kappa shape index (κ1) is 18.8. The van der Waals surface area contributed by atoms with E-state index in [4.69, 9.17) is 4.74 Å². The van der Waals surface area contributed by atoms with E-state index in [1.54, 1.807) is 4.57 Å². The van der Waals surface area contributed by atoms with Gasteiger partial charge in [-0.1, -0.05) is 31.2 Å². The SMILES string of the molecule is CCC1=CCC2c3c(c4ccccc4n3C(=O)OC(C)(C)C)CCN2C1C#N. The van der Waals surface area contributed by atoms with Crippen LogP contribution in [0.1, 0.15) is 57.8 Å². The zero-order chi connectivity index (χ0) is 20.1. The molecule has 0 radical (unpaired) electrons. The Labute approximate surface area is 166 Å². The van der Waals surface area contributed by atoms with Crippen LogP contribution in [0.5, 0.6) is 0 Å². The highest BCUT2D eigenvalue weighted by Crippen LogP contribution is 2.43. The summed E-state index contributed by atoms with van der Waals surface area (Å²) in [5.41, 5.74) is 3.71. The fourth-order valence-electron chi connectivity index (χ4n) is 4.64. The van der Waals surface area contributed by atoms with E-state index in [1.165, 1.54) is 11.1 Å². The number of carbonyl (C=O) groups excluding carboxylic acids is 1. The number of carbonyl (C=O) groups is 1. The number of nitrogens with zero attached hydrogens (tertiary/aromatic N) is 3. The molecule has 0 amide bonds. The van der Waals surface area contributed by atoms with Gasteiger partial charge in [-0.3, -0.25) is 4.90 Å².